The molecule has 2 aliphatic rings. The highest BCUT2D eigenvalue weighted by molar-refractivity contribution is 5.77. The number of likely N-dealkylation sites (tertiary alicyclic amines) is 1. The Balaban J connectivity index is 1.94. The summed E-state index contributed by atoms with van der Waals surface area (Å²) in [7, 11) is 0. The number of carbonyl (C=O) groups is 1. The Bertz CT molecular complexity index is 227. The van der Waals surface area contributed by atoms with Crippen LogP contribution >= 0.6 is 0 Å². The van der Waals surface area contributed by atoms with E-state index in [1.165, 1.54) is 6.42 Å². The highest BCUT2D eigenvalue weighted by Gasteiger charge is 2.39. The van der Waals surface area contributed by atoms with Crippen molar-refractivity contribution in [1.29, 1.82) is 0 Å². The molecule has 3 heteroatoms. The third kappa shape index (κ3) is 1.78. The van der Waals surface area contributed by atoms with Crippen molar-refractivity contribution in [2.45, 2.75) is 32.7 Å². The molecule has 2 rings (SSSR count). The Kier molecular flexibility index (Phi) is 2.77. The van der Waals surface area contributed by atoms with Crippen LogP contribution in [0, 0.1) is 11.8 Å². The number of fused-ring (bicyclic) bond motifs is 1. The largest absolute Gasteiger partial charge is 0.338 e. The van der Waals surface area contributed by atoms with Gasteiger partial charge in [0.05, 0.1) is 0 Å². The van der Waals surface area contributed by atoms with E-state index in [0.29, 0.717) is 24.3 Å². The van der Waals surface area contributed by atoms with Crippen molar-refractivity contribution in [3.8, 4) is 0 Å². The van der Waals surface area contributed by atoms with Gasteiger partial charge in [-0.15, -0.1) is 0 Å². The van der Waals surface area contributed by atoms with E-state index in [1.54, 1.807) is 0 Å². The summed E-state index contributed by atoms with van der Waals surface area (Å²) in [4.78, 5) is 14.0. The van der Waals surface area contributed by atoms with Crippen molar-refractivity contribution in [2.24, 2.45) is 11.8 Å². The van der Waals surface area contributed by atoms with E-state index < -0.39 is 0 Å². The van der Waals surface area contributed by atoms with Gasteiger partial charge in [0.15, 0.2) is 0 Å². The van der Waals surface area contributed by atoms with Gasteiger partial charge in [-0.2, -0.15) is 0 Å². The zero-order valence-corrected chi connectivity index (χ0v) is 9.12. The van der Waals surface area contributed by atoms with Gasteiger partial charge in [0.2, 0.25) is 5.91 Å². The zero-order valence-electron chi connectivity index (χ0n) is 9.12. The second kappa shape index (κ2) is 3.89. The molecule has 0 bridgehead atoms. The molecule has 0 radical (unpaired) electrons. The van der Waals surface area contributed by atoms with Crippen LogP contribution in [0.15, 0.2) is 0 Å². The van der Waals surface area contributed by atoms with Crippen molar-refractivity contribution in [3.63, 3.8) is 0 Å². The van der Waals surface area contributed by atoms with Crippen molar-refractivity contribution >= 4 is 5.91 Å². The molecule has 1 N–H and O–H groups in total. The molecule has 2 heterocycles. The first-order valence-corrected chi connectivity index (χ1v) is 5.68. The fraction of sp³-hybridized carbons (Fsp3) is 0.909. The Morgan fingerprint density at radius 3 is 3.00 bits per heavy atom. The van der Waals surface area contributed by atoms with Gasteiger partial charge in [0, 0.05) is 32.1 Å². The molecule has 2 aliphatic heterocycles. The summed E-state index contributed by atoms with van der Waals surface area (Å²) in [5.74, 6) is 1.57. The van der Waals surface area contributed by atoms with E-state index in [4.69, 9.17) is 0 Å². The third-order valence-electron chi connectivity index (χ3n) is 3.35. The molecular weight excluding hydrogens is 176 g/mol. The molecule has 0 spiro atoms. The Hall–Kier alpha value is -0.570. The van der Waals surface area contributed by atoms with Gasteiger partial charge in [-0.3, -0.25) is 4.79 Å². The molecular formula is C11H20N2O. The van der Waals surface area contributed by atoms with Crippen molar-refractivity contribution in [2.75, 3.05) is 19.6 Å². The second-order valence-electron chi connectivity index (χ2n) is 4.96. The minimum Gasteiger partial charge on any atom is -0.338 e. The zero-order chi connectivity index (χ0) is 10.1. The van der Waals surface area contributed by atoms with Gasteiger partial charge >= 0.3 is 0 Å². The SMILES string of the molecule is CC(C)CC(=O)N1CC[C@H]2CNC[C@H]21. The Morgan fingerprint density at radius 2 is 2.29 bits per heavy atom. The second-order valence-corrected chi connectivity index (χ2v) is 4.96. The Labute approximate surface area is 85.8 Å². The van der Waals surface area contributed by atoms with E-state index in [-0.39, 0.29) is 0 Å². The predicted molar refractivity (Wildman–Crippen MR) is 55.9 cm³/mol. The van der Waals surface area contributed by atoms with E-state index in [2.05, 4.69) is 24.1 Å². The molecule has 14 heavy (non-hydrogen) atoms. The third-order valence-corrected chi connectivity index (χ3v) is 3.35. The van der Waals surface area contributed by atoms with Gasteiger partial charge in [0.1, 0.15) is 0 Å². The molecule has 3 nitrogen and oxygen atoms in total. The van der Waals surface area contributed by atoms with Gasteiger partial charge in [-0.25, -0.2) is 0 Å². The van der Waals surface area contributed by atoms with Crippen LogP contribution in [0.25, 0.3) is 0 Å². The highest BCUT2D eigenvalue weighted by Crippen LogP contribution is 2.27. The fourth-order valence-electron chi connectivity index (χ4n) is 2.63. The summed E-state index contributed by atoms with van der Waals surface area (Å²) in [5.41, 5.74) is 0. The summed E-state index contributed by atoms with van der Waals surface area (Å²) in [6, 6.07) is 0.501. The smallest absolute Gasteiger partial charge is 0.223 e. The van der Waals surface area contributed by atoms with Crippen molar-refractivity contribution < 1.29 is 4.79 Å². The molecule has 0 saturated carbocycles. The van der Waals surface area contributed by atoms with Gasteiger partial charge in [-0.05, 0) is 18.3 Å². The maximum absolute atomic E-state index is 11.9. The molecule has 2 fully saturated rings. The number of nitrogens with zero attached hydrogens (tertiary/aromatic N) is 1. The standard InChI is InChI=1S/C11H20N2O/c1-8(2)5-11(14)13-4-3-9-6-12-7-10(9)13/h8-10,12H,3-7H2,1-2H3/t9-,10+/m0/s1. The lowest BCUT2D eigenvalue weighted by molar-refractivity contribution is -0.132. The number of hydrogen-bond acceptors (Lipinski definition) is 2. The molecule has 80 valence electrons. The first-order chi connectivity index (χ1) is 6.68. The van der Waals surface area contributed by atoms with E-state index in [9.17, 15) is 4.79 Å². The molecule has 0 aromatic carbocycles. The van der Waals surface area contributed by atoms with Crippen LogP contribution in [-0.2, 0) is 4.79 Å². The lowest BCUT2D eigenvalue weighted by Gasteiger charge is -2.24. The van der Waals surface area contributed by atoms with Crippen molar-refractivity contribution in [3.05, 3.63) is 0 Å². The van der Waals surface area contributed by atoms with Gasteiger partial charge in [-0.1, -0.05) is 13.8 Å². The minimum absolute atomic E-state index is 0.358. The van der Waals surface area contributed by atoms with Crippen LogP contribution in [-0.4, -0.2) is 36.5 Å². The maximum Gasteiger partial charge on any atom is 0.223 e. The van der Waals surface area contributed by atoms with Crippen LogP contribution in [0.2, 0.25) is 0 Å². The topological polar surface area (TPSA) is 32.3 Å². The average Bonchev–Trinajstić information content (AvgIpc) is 2.59. The summed E-state index contributed by atoms with van der Waals surface area (Å²) < 4.78 is 0. The monoisotopic (exact) mass is 196 g/mol. The fourth-order valence-corrected chi connectivity index (χ4v) is 2.63. The van der Waals surface area contributed by atoms with Crippen molar-refractivity contribution in [1.82, 2.24) is 10.2 Å². The normalized spacial score (nSPS) is 31.2. The van der Waals surface area contributed by atoms with Crippen LogP contribution in [0.5, 0.6) is 0 Å². The molecule has 0 aliphatic carbocycles. The molecule has 0 aromatic heterocycles. The number of hydrogen-bond donors (Lipinski definition) is 1. The Morgan fingerprint density at radius 1 is 1.50 bits per heavy atom. The van der Waals surface area contributed by atoms with E-state index in [1.807, 2.05) is 0 Å². The summed E-state index contributed by atoms with van der Waals surface area (Å²) in [6.07, 6.45) is 1.91. The molecule has 1 amide bonds. The van der Waals surface area contributed by atoms with Gasteiger partial charge < -0.3 is 10.2 Å². The first kappa shape index (κ1) is 9.97. The number of amides is 1. The quantitative estimate of drug-likeness (QED) is 0.710. The number of nitrogens with one attached hydrogen (secondary N) is 1. The highest BCUT2D eigenvalue weighted by atomic mass is 16.2. The molecule has 0 aromatic rings. The minimum atomic E-state index is 0.358. The number of rotatable bonds is 2. The lowest BCUT2D eigenvalue weighted by Crippen LogP contribution is -2.39. The molecule has 2 saturated heterocycles. The van der Waals surface area contributed by atoms with Crippen LogP contribution in [0.4, 0.5) is 0 Å². The predicted octanol–water partition coefficient (Wildman–Crippen LogP) is 0.853. The van der Waals surface area contributed by atoms with Crippen LogP contribution in [0.1, 0.15) is 26.7 Å². The van der Waals surface area contributed by atoms with Crippen LogP contribution in [0.3, 0.4) is 0 Å². The molecule has 2 atom stereocenters. The van der Waals surface area contributed by atoms with Crippen LogP contribution < -0.4 is 5.32 Å². The summed E-state index contributed by atoms with van der Waals surface area (Å²) in [6.45, 7) is 7.32. The first-order valence-electron chi connectivity index (χ1n) is 5.68. The summed E-state index contributed by atoms with van der Waals surface area (Å²) >= 11 is 0. The summed E-state index contributed by atoms with van der Waals surface area (Å²) in [5, 5.41) is 3.37. The molecule has 0 unspecified atom stereocenters. The van der Waals surface area contributed by atoms with E-state index in [0.717, 1.165) is 25.6 Å². The maximum atomic E-state index is 11.9. The van der Waals surface area contributed by atoms with E-state index >= 15 is 0 Å². The lowest BCUT2D eigenvalue weighted by atomic mass is 10.0. The van der Waals surface area contributed by atoms with Gasteiger partial charge in [0.25, 0.3) is 0 Å². The number of carbonyl (C=O) groups excluding carboxylic acids is 1. The average molecular weight is 196 g/mol.